The summed E-state index contributed by atoms with van der Waals surface area (Å²) in [5, 5.41) is 29.7. The van der Waals surface area contributed by atoms with Crippen molar-refractivity contribution in [1.29, 1.82) is 0 Å². The number of aromatic nitrogens is 4. The van der Waals surface area contributed by atoms with Crippen molar-refractivity contribution in [2.75, 3.05) is 17.6 Å². The minimum absolute atomic E-state index is 0.0608. The van der Waals surface area contributed by atoms with Gasteiger partial charge in [0.1, 0.15) is 5.03 Å². The van der Waals surface area contributed by atoms with Crippen LogP contribution in [0.25, 0.3) is 5.65 Å². The van der Waals surface area contributed by atoms with Crippen molar-refractivity contribution in [3.8, 4) is 0 Å². The Balaban J connectivity index is 1.33. The van der Waals surface area contributed by atoms with Crippen LogP contribution in [0, 0.1) is 17.0 Å². The van der Waals surface area contributed by atoms with Crippen molar-refractivity contribution in [1.82, 2.24) is 25.1 Å². The summed E-state index contributed by atoms with van der Waals surface area (Å²) in [7, 11) is 0. The van der Waals surface area contributed by atoms with Crippen LogP contribution in [0.3, 0.4) is 0 Å². The van der Waals surface area contributed by atoms with Gasteiger partial charge in [-0.2, -0.15) is 9.61 Å². The van der Waals surface area contributed by atoms with E-state index >= 15 is 0 Å². The predicted octanol–water partition coefficient (Wildman–Crippen LogP) is 3.04. The molecule has 4 aromatic rings. The molecule has 0 spiro atoms. The highest BCUT2D eigenvalue weighted by molar-refractivity contribution is 7.99. The number of carbonyl (C=O) groups is 2. The maximum atomic E-state index is 12.3. The first kappa shape index (κ1) is 23.8. The Kier molecular flexibility index (Phi) is 7.31. The molecule has 2 aromatic carbocycles. The molecule has 0 aliphatic rings. The predicted molar refractivity (Wildman–Crippen MR) is 130 cm³/mol. The molecular formula is C23H21N7O4S. The Morgan fingerprint density at radius 3 is 2.66 bits per heavy atom. The number of thioether (sulfide) groups is 1. The van der Waals surface area contributed by atoms with Gasteiger partial charge in [0.25, 0.3) is 11.6 Å². The molecular weight excluding hydrogens is 470 g/mol. The van der Waals surface area contributed by atoms with Crippen molar-refractivity contribution >= 4 is 40.6 Å². The number of nitrogens with zero attached hydrogens (tertiary/aromatic N) is 5. The number of rotatable bonds is 9. The first-order valence-electron chi connectivity index (χ1n) is 10.6. The van der Waals surface area contributed by atoms with Gasteiger partial charge in [-0.05, 0) is 37.3 Å². The van der Waals surface area contributed by atoms with Crippen LogP contribution in [-0.2, 0) is 11.2 Å². The van der Waals surface area contributed by atoms with Crippen molar-refractivity contribution in [2.24, 2.45) is 0 Å². The fraction of sp³-hybridized carbons (Fsp3) is 0.174. The molecule has 0 saturated heterocycles. The van der Waals surface area contributed by atoms with Gasteiger partial charge in [0, 0.05) is 36.3 Å². The molecule has 2 amide bonds. The van der Waals surface area contributed by atoms with Crippen LogP contribution >= 0.6 is 11.8 Å². The van der Waals surface area contributed by atoms with Gasteiger partial charge >= 0.3 is 0 Å². The zero-order valence-electron chi connectivity index (χ0n) is 18.7. The summed E-state index contributed by atoms with van der Waals surface area (Å²) in [4.78, 5) is 34.9. The van der Waals surface area contributed by atoms with Gasteiger partial charge in [-0.15, -0.1) is 10.2 Å². The zero-order valence-corrected chi connectivity index (χ0v) is 19.5. The standard InChI is InChI=1S/C23H21N7O4S/c1-15-5-7-16(8-6-15)23(32)24-12-11-20-27-26-19-9-10-22(28-29(19)20)35-14-21(31)25-17-3-2-4-18(13-17)30(33)34/h2-10,13H,11-12,14H2,1H3,(H,24,32)(H,25,31). The van der Waals surface area contributed by atoms with Crippen molar-refractivity contribution in [3.63, 3.8) is 0 Å². The highest BCUT2D eigenvalue weighted by Gasteiger charge is 2.12. The third kappa shape index (κ3) is 6.18. The van der Waals surface area contributed by atoms with Gasteiger partial charge in [0.2, 0.25) is 5.91 Å². The van der Waals surface area contributed by atoms with Gasteiger partial charge in [-0.1, -0.05) is 35.5 Å². The topological polar surface area (TPSA) is 144 Å². The highest BCUT2D eigenvalue weighted by atomic mass is 32.2. The molecule has 0 bridgehead atoms. The number of anilines is 1. The Hall–Kier alpha value is -4.32. The minimum Gasteiger partial charge on any atom is -0.352 e. The molecule has 0 atom stereocenters. The quantitative estimate of drug-likeness (QED) is 0.206. The number of hydrogen-bond acceptors (Lipinski definition) is 8. The second-order valence-corrected chi connectivity index (χ2v) is 8.57. The van der Waals surface area contributed by atoms with E-state index in [1.165, 1.54) is 30.0 Å². The molecule has 35 heavy (non-hydrogen) atoms. The Bertz CT molecular complexity index is 1390. The van der Waals surface area contributed by atoms with E-state index in [1.807, 2.05) is 19.1 Å². The van der Waals surface area contributed by atoms with Crippen LogP contribution in [0.4, 0.5) is 11.4 Å². The van der Waals surface area contributed by atoms with E-state index in [1.54, 1.807) is 34.8 Å². The van der Waals surface area contributed by atoms with Crippen LogP contribution in [0.15, 0.2) is 65.7 Å². The third-order valence-electron chi connectivity index (χ3n) is 4.94. The van der Waals surface area contributed by atoms with Gasteiger partial charge < -0.3 is 10.6 Å². The minimum atomic E-state index is -0.520. The molecule has 4 rings (SSSR count). The number of nitro groups is 1. The van der Waals surface area contributed by atoms with Gasteiger partial charge in [-0.25, -0.2) is 0 Å². The first-order chi connectivity index (χ1) is 16.9. The van der Waals surface area contributed by atoms with Crippen LogP contribution in [0.5, 0.6) is 0 Å². The Labute approximate surface area is 204 Å². The molecule has 0 fully saturated rings. The lowest BCUT2D eigenvalue weighted by Crippen LogP contribution is -2.26. The molecule has 2 heterocycles. The lowest BCUT2D eigenvalue weighted by atomic mass is 10.1. The number of hydrogen-bond donors (Lipinski definition) is 2. The molecule has 0 radical (unpaired) electrons. The van der Waals surface area contributed by atoms with E-state index in [0.29, 0.717) is 40.7 Å². The number of nitro benzene ring substituents is 1. The SMILES string of the molecule is Cc1ccc(C(=O)NCCc2nnc3ccc(SCC(=O)Nc4cccc([N+](=O)[O-])c4)nn23)cc1. The van der Waals surface area contributed by atoms with E-state index in [0.717, 1.165) is 5.56 Å². The maximum absolute atomic E-state index is 12.3. The smallest absolute Gasteiger partial charge is 0.271 e. The van der Waals surface area contributed by atoms with Crippen molar-refractivity contribution in [3.05, 3.63) is 87.7 Å². The average Bonchev–Trinajstić information content (AvgIpc) is 3.25. The Morgan fingerprint density at radius 1 is 1.09 bits per heavy atom. The fourth-order valence-electron chi connectivity index (χ4n) is 3.18. The molecule has 11 nitrogen and oxygen atoms in total. The second kappa shape index (κ2) is 10.7. The average molecular weight is 492 g/mol. The number of nitrogens with one attached hydrogen (secondary N) is 2. The lowest BCUT2D eigenvalue weighted by Gasteiger charge is -2.06. The molecule has 2 N–H and O–H groups in total. The summed E-state index contributed by atoms with van der Waals surface area (Å²) < 4.78 is 1.58. The number of fused-ring (bicyclic) bond motifs is 1. The van der Waals surface area contributed by atoms with Crippen LogP contribution < -0.4 is 10.6 Å². The molecule has 2 aromatic heterocycles. The summed E-state index contributed by atoms with van der Waals surface area (Å²) >= 11 is 1.21. The largest absolute Gasteiger partial charge is 0.352 e. The summed E-state index contributed by atoms with van der Waals surface area (Å²) in [5.41, 5.74) is 2.47. The number of aryl methyl sites for hydroxylation is 1. The van der Waals surface area contributed by atoms with E-state index < -0.39 is 4.92 Å². The number of amides is 2. The number of non-ortho nitro benzene ring substituents is 1. The van der Waals surface area contributed by atoms with Crippen LogP contribution in [0.2, 0.25) is 0 Å². The Morgan fingerprint density at radius 2 is 1.89 bits per heavy atom. The van der Waals surface area contributed by atoms with E-state index in [2.05, 4.69) is 25.9 Å². The molecule has 0 saturated carbocycles. The monoisotopic (exact) mass is 491 g/mol. The van der Waals surface area contributed by atoms with Crippen molar-refractivity contribution < 1.29 is 14.5 Å². The van der Waals surface area contributed by atoms with Crippen molar-refractivity contribution in [2.45, 2.75) is 18.4 Å². The summed E-state index contributed by atoms with van der Waals surface area (Å²) in [6, 6.07) is 16.5. The first-order valence-corrected chi connectivity index (χ1v) is 11.6. The zero-order chi connectivity index (χ0) is 24.8. The van der Waals surface area contributed by atoms with E-state index in [-0.39, 0.29) is 23.3 Å². The number of carbonyl (C=O) groups excluding carboxylic acids is 2. The van der Waals surface area contributed by atoms with Gasteiger partial charge in [-0.3, -0.25) is 19.7 Å². The molecule has 178 valence electrons. The summed E-state index contributed by atoms with van der Waals surface area (Å²) in [6.07, 6.45) is 0.424. The fourth-order valence-corrected chi connectivity index (χ4v) is 3.83. The number of benzene rings is 2. The highest BCUT2D eigenvalue weighted by Crippen LogP contribution is 2.19. The van der Waals surface area contributed by atoms with Crippen LogP contribution in [-0.4, -0.2) is 48.8 Å². The van der Waals surface area contributed by atoms with E-state index in [9.17, 15) is 19.7 Å². The van der Waals surface area contributed by atoms with Crippen LogP contribution in [0.1, 0.15) is 21.7 Å². The summed E-state index contributed by atoms with van der Waals surface area (Å²) in [5.74, 6) is 0.149. The lowest BCUT2D eigenvalue weighted by molar-refractivity contribution is -0.384. The molecule has 0 aliphatic heterocycles. The van der Waals surface area contributed by atoms with E-state index in [4.69, 9.17) is 0 Å². The molecule has 0 unspecified atom stereocenters. The van der Waals surface area contributed by atoms with Gasteiger partial charge in [0.15, 0.2) is 11.5 Å². The normalized spacial score (nSPS) is 10.8. The maximum Gasteiger partial charge on any atom is 0.271 e. The third-order valence-corrected chi connectivity index (χ3v) is 5.86. The molecule has 0 aliphatic carbocycles. The second-order valence-electron chi connectivity index (χ2n) is 7.57. The summed E-state index contributed by atoms with van der Waals surface area (Å²) in [6.45, 7) is 2.32. The van der Waals surface area contributed by atoms with Gasteiger partial charge in [0.05, 0.1) is 10.7 Å². The molecule has 12 heteroatoms.